The topological polar surface area (TPSA) is 66.4 Å². The zero-order chi connectivity index (χ0) is 17.1. The third-order valence-corrected chi connectivity index (χ3v) is 8.54. The fourth-order valence-corrected chi connectivity index (χ4v) is 5.47. The molecule has 134 valence electrons. The summed E-state index contributed by atoms with van der Waals surface area (Å²) in [5.74, 6) is -0.464. The second-order valence-corrected chi connectivity index (χ2v) is 12.5. The fraction of sp³-hybridized carbons (Fsp3) is 1.00. The molecule has 0 N–H and O–H groups in total. The van der Waals surface area contributed by atoms with Gasteiger partial charge in [-0.1, -0.05) is 58.3 Å². The quantitative estimate of drug-likeness (QED) is 0.190. The van der Waals surface area contributed by atoms with Crippen molar-refractivity contribution < 1.29 is 17.2 Å². The maximum atomic E-state index is 10.7. The Morgan fingerprint density at radius 3 is 1.73 bits per heavy atom. The van der Waals surface area contributed by atoms with Crippen LogP contribution in [0.1, 0.15) is 78.1 Å². The molecule has 0 aliphatic carbocycles. The second-order valence-electron chi connectivity index (χ2n) is 6.79. The molecule has 1 atom stereocenters. The normalized spacial score (nSPS) is 14.2. The molecule has 0 rings (SSSR count). The van der Waals surface area contributed by atoms with Gasteiger partial charge >= 0.3 is 0 Å². The first-order chi connectivity index (χ1) is 10.2. The molecule has 4 nitrogen and oxygen atoms in total. The molecule has 0 saturated heterocycles. The van der Waals surface area contributed by atoms with Gasteiger partial charge in [0.2, 0.25) is 10.4 Å². The molecular formula is C16H35O4PS. The number of rotatable bonds is 14. The van der Waals surface area contributed by atoms with Crippen LogP contribution >= 0.6 is 7.26 Å². The zero-order valence-electron chi connectivity index (χ0n) is 14.8. The van der Waals surface area contributed by atoms with Crippen LogP contribution in [0.25, 0.3) is 0 Å². The Kier molecular flexibility index (Phi) is 11.9. The van der Waals surface area contributed by atoms with E-state index in [1.165, 1.54) is 57.8 Å². The van der Waals surface area contributed by atoms with Gasteiger partial charge in [-0.05, 0) is 19.8 Å². The average Bonchev–Trinajstić information content (AvgIpc) is 2.39. The number of unbranched alkanes of at least 4 members (excludes halogenated alkanes) is 9. The summed E-state index contributed by atoms with van der Waals surface area (Å²) < 4.78 is 36.6. The van der Waals surface area contributed by atoms with Gasteiger partial charge in [0.1, 0.15) is 0 Å². The summed E-state index contributed by atoms with van der Waals surface area (Å²) >= 11 is 0. The van der Waals surface area contributed by atoms with Crippen molar-refractivity contribution in [3.8, 4) is 0 Å². The van der Waals surface area contributed by atoms with Crippen molar-refractivity contribution in [1.82, 2.24) is 0 Å². The molecule has 0 bridgehead atoms. The maximum Gasteiger partial charge on any atom is 0.221 e. The minimum absolute atomic E-state index is 0.464. The molecule has 0 fully saturated rings. The Balaban J connectivity index is 3.64. The minimum Gasteiger partial charge on any atom is -0.725 e. The Morgan fingerprint density at radius 2 is 1.32 bits per heavy atom. The first kappa shape index (κ1) is 22.3. The van der Waals surface area contributed by atoms with Crippen molar-refractivity contribution in [2.45, 2.75) is 83.9 Å². The van der Waals surface area contributed by atoms with Crippen LogP contribution in [-0.4, -0.2) is 38.3 Å². The Morgan fingerprint density at radius 1 is 0.909 bits per heavy atom. The molecule has 22 heavy (non-hydrogen) atoms. The van der Waals surface area contributed by atoms with Gasteiger partial charge in [0, 0.05) is 7.26 Å². The lowest BCUT2D eigenvalue weighted by Crippen LogP contribution is -2.19. The predicted molar refractivity (Wildman–Crippen MR) is 95.7 cm³/mol. The van der Waals surface area contributed by atoms with Crippen LogP contribution in [0.15, 0.2) is 0 Å². The largest absolute Gasteiger partial charge is 0.725 e. The summed E-state index contributed by atoms with van der Waals surface area (Å²) in [6.07, 6.45) is 13.9. The SMILES string of the molecule is CCCCCCCCCCCC[P+](C)(C)C(C)OS(=O)(=O)[O-]. The molecule has 0 saturated carbocycles. The molecule has 6 heteroatoms. The van der Waals surface area contributed by atoms with Gasteiger partial charge in [0.25, 0.3) is 0 Å². The van der Waals surface area contributed by atoms with Crippen LogP contribution in [0.2, 0.25) is 0 Å². The van der Waals surface area contributed by atoms with Crippen molar-refractivity contribution in [2.75, 3.05) is 19.5 Å². The summed E-state index contributed by atoms with van der Waals surface area (Å²) in [4.78, 5) is 0. The van der Waals surface area contributed by atoms with E-state index in [0.717, 1.165) is 12.6 Å². The molecule has 0 amide bonds. The van der Waals surface area contributed by atoms with E-state index in [1.807, 2.05) is 0 Å². The van der Waals surface area contributed by atoms with Crippen LogP contribution in [-0.2, 0) is 14.6 Å². The summed E-state index contributed by atoms with van der Waals surface area (Å²) in [7, 11) is -6.09. The molecule has 1 unspecified atom stereocenters. The second kappa shape index (κ2) is 11.8. The van der Waals surface area contributed by atoms with Gasteiger partial charge in [-0.2, -0.15) is 0 Å². The van der Waals surface area contributed by atoms with E-state index in [4.69, 9.17) is 0 Å². The van der Waals surface area contributed by atoms with Crippen LogP contribution < -0.4 is 0 Å². The monoisotopic (exact) mass is 354 g/mol. The number of hydrogen-bond acceptors (Lipinski definition) is 4. The first-order valence-corrected chi connectivity index (χ1v) is 12.9. The molecule has 0 aliphatic heterocycles. The van der Waals surface area contributed by atoms with Gasteiger partial charge in [-0.15, -0.1) is 0 Å². The molecule has 0 aromatic carbocycles. The van der Waals surface area contributed by atoms with Gasteiger partial charge < -0.3 is 4.55 Å². The maximum absolute atomic E-state index is 10.7. The summed E-state index contributed by atoms with van der Waals surface area (Å²) in [6.45, 7) is 8.08. The first-order valence-electron chi connectivity index (χ1n) is 8.66. The zero-order valence-corrected chi connectivity index (χ0v) is 16.6. The molecular weight excluding hydrogens is 319 g/mol. The van der Waals surface area contributed by atoms with Crippen LogP contribution in [0, 0.1) is 0 Å². The highest BCUT2D eigenvalue weighted by Crippen LogP contribution is 2.57. The highest BCUT2D eigenvalue weighted by molar-refractivity contribution is 7.82. The van der Waals surface area contributed by atoms with Crippen molar-refractivity contribution in [1.29, 1.82) is 0 Å². The third kappa shape index (κ3) is 12.8. The minimum atomic E-state index is -4.58. The Hall–Kier alpha value is 0.300. The Labute approximate surface area is 138 Å². The van der Waals surface area contributed by atoms with Gasteiger partial charge in [0.15, 0.2) is 5.85 Å². The molecule has 0 aliphatic rings. The van der Waals surface area contributed by atoms with Crippen LogP contribution in [0.5, 0.6) is 0 Å². The van der Waals surface area contributed by atoms with E-state index < -0.39 is 23.5 Å². The molecule has 0 aromatic heterocycles. The van der Waals surface area contributed by atoms with Crippen LogP contribution in [0.3, 0.4) is 0 Å². The molecule has 0 radical (unpaired) electrons. The molecule has 0 heterocycles. The van der Waals surface area contributed by atoms with E-state index in [0.29, 0.717) is 0 Å². The van der Waals surface area contributed by atoms with Gasteiger partial charge in [-0.3, -0.25) is 0 Å². The van der Waals surface area contributed by atoms with E-state index >= 15 is 0 Å². The van der Waals surface area contributed by atoms with Crippen molar-refractivity contribution in [2.24, 2.45) is 0 Å². The highest BCUT2D eigenvalue weighted by Gasteiger charge is 2.34. The predicted octanol–water partition coefficient (Wildman–Crippen LogP) is 5.01. The lowest BCUT2D eigenvalue weighted by molar-refractivity contribution is 0.249. The average molecular weight is 354 g/mol. The van der Waals surface area contributed by atoms with E-state index in [1.54, 1.807) is 6.92 Å². The lowest BCUT2D eigenvalue weighted by atomic mass is 10.1. The third-order valence-electron chi connectivity index (χ3n) is 4.33. The summed E-state index contributed by atoms with van der Waals surface area (Å²) in [5, 5.41) is 0. The van der Waals surface area contributed by atoms with E-state index in [2.05, 4.69) is 24.4 Å². The smallest absolute Gasteiger partial charge is 0.221 e. The summed E-state index contributed by atoms with van der Waals surface area (Å²) in [6, 6.07) is 0. The van der Waals surface area contributed by atoms with E-state index in [-0.39, 0.29) is 0 Å². The standard InChI is InChI=1S/C16H35O4PS/c1-5-6-7-8-9-10-11-12-13-14-15-21(3,4)16(2)20-22(17,18)19/h16H,5-15H2,1-4H3. The van der Waals surface area contributed by atoms with Crippen LogP contribution in [0.4, 0.5) is 0 Å². The lowest BCUT2D eigenvalue weighted by Gasteiger charge is -2.25. The molecule has 0 spiro atoms. The van der Waals surface area contributed by atoms with Crippen molar-refractivity contribution >= 4 is 17.7 Å². The van der Waals surface area contributed by atoms with E-state index in [9.17, 15) is 13.0 Å². The Bertz CT molecular complexity index is 368. The summed E-state index contributed by atoms with van der Waals surface area (Å²) in [5.41, 5.74) is 0. The van der Waals surface area contributed by atoms with Crippen molar-refractivity contribution in [3.05, 3.63) is 0 Å². The van der Waals surface area contributed by atoms with Gasteiger partial charge in [-0.25, -0.2) is 12.6 Å². The molecule has 0 aromatic rings. The fourth-order valence-electron chi connectivity index (χ4n) is 2.48. The van der Waals surface area contributed by atoms with Gasteiger partial charge in [0.05, 0.1) is 19.5 Å². The van der Waals surface area contributed by atoms with Crippen molar-refractivity contribution in [3.63, 3.8) is 0 Å². The number of hydrogen-bond donors (Lipinski definition) is 0. The highest BCUT2D eigenvalue weighted by atomic mass is 32.3.